The number of rotatable bonds is 5. The van der Waals surface area contributed by atoms with Gasteiger partial charge in [0, 0.05) is 24.3 Å². The summed E-state index contributed by atoms with van der Waals surface area (Å²) in [7, 11) is 2.10. The zero-order chi connectivity index (χ0) is 14.5. The second-order valence-electron chi connectivity index (χ2n) is 5.14. The smallest absolute Gasteiger partial charge is 0.131 e. The predicted octanol–water partition coefficient (Wildman–Crippen LogP) is 4.39. The molecule has 0 aliphatic carbocycles. The van der Waals surface area contributed by atoms with E-state index in [9.17, 15) is 0 Å². The molecule has 20 heavy (non-hydrogen) atoms. The number of benzene rings is 1. The van der Waals surface area contributed by atoms with Gasteiger partial charge in [0.25, 0.3) is 0 Å². The largest absolute Gasteiger partial charge is 0.359 e. The highest BCUT2D eigenvalue weighted by molar-refractivity contribution is 9.10. The maximum atomic E-state index is 4.50. The predicted molar refractivity (Wildman–Crippen MR) is 89.5 cm³/mol. The van der Waals surface area contributed by atoms with E-state index in [1.165, 1.54) is 16.7 Å². The Morgan fingerprint density at radius 2 is 1.80 bits per heavy atom. The summed E-state index contributed by atoms with van der Waals surface area (Å²) in [4.78, 5) is 6.71. The second-order valence-corrected chi connectivity index (χ2v) is 6.05. The van der Waals surface area contributed by atoms with Crippen molar-refractivity contribution in [3.8, 4) is 0 Å². The van der Waals surface area contributed by atoms with Crippen LogP contribution in [0.25, 0.3) is 0 Å². The normalized spacial score (nSPS) is 10.6. The van der Waals surface area contributed by atoms with Crippen LogP contribution in [-0.4, -0.2) is 18.6 Å². The lowest BCUT2D eigenvalue weighted by molar-refractivity contribution is 0.854. The fourth-order valence-corrected chi connectivity index (χ4v) is 2.72. The molecule has 2 rings (SSSR count). The first-order valence-electron chi connectivity index (χ1n) is 7.01. The molecule has 1 aromatic heterocycles. The average Bonchev–Trinajstić information content (AvgIpc) is 2.45. The molecule has 0 aliphatic rings. The van der Waals surface area contributed by atoms with Crippen molar-refractivity contribution in [1.29, 1.82) is 0 Å². The molecule has 2 nitrogen and oxygen atoms in total. The Bertz CT molecular complexity index is 564. The van der Waals surface area contributed by atoms with Gasteiger partial charge in [-0.05, 0) is 58.5 Å². The minimum Gasteiger partial charge on any atom is -0.359 e. The van der Waals surface area contributed by atoms with Crippen LogP contribution in [0, 0.1) is 6.92 Å². The summed E-state index contributed by atoms with van der Waals surface area (Å²) >= 11 is 3.45. The maximum Gasteiger partial charge on any atom is 0.131 e. The summed E-state index contributed by atoms with van der Waals surface area (Å²) < 4.78 is 1.03. The fourth-order valence-electron chi connectivity index (χ4n) is 2.28. The Kier molecular flexibility index (Phi) is 5.18. The lowest BCUT2D eigenvalue weighted by atomic mass is 10.1. The first-order chi connectivity index (χ1) is 9.60. The number of pyridine rings is 1. The molecule has 3 heteroatoms. The van der Waals surface area contributed by atoms with Gasteiger partial charge >= 0.3 is 0 Å². The van der Waals surface area contributed by atoms with Gasteiger partial charge in [-0.2, -0.15) is 0 Å². The van der Waals surface area contributed by atoms with Crippen LogP contribution in [0.2, 0.25) is 0 Å². The van der Waals surface area contributed by atoms with E-state index < -0.39 is 0 Å². The molecule has 0 radical (unpaired) electrons. The van der Waals surface area contributed by atoms with Crippen LogP contribution in [0.1, 0.15) is 23.6 Å². The molecule has 0 atom stereocenters. The highest BCUT2D eigenvalue weighted by Gasteiger charge is 2.06. The molecule has 0 fully saturated rings. The molecule has 0 bridgehead atoms. The van der Waals surface area contributed by atoms with E-state index in [4.69, 9.17) is 0 Å². The number of aromatic nitrogens is 1. The Hall–Kier alpha value is -1.35. The molecule has 1 heterocycles. The topological polar surface area (TPSA) is 16.1 Å². The molecule has 0 spiro atoms. The van der Waals surface area contributed by atoms with Crippen molar-refractivity contribution in [1.82, 2.24) is 4.98 Å². The summed E-state index contributed by atoms with van der Waals surface area (Å²) in [6, 6.07) is 11.0. The number of halogens is 1. The van der Waals surface area contributed by atoms with Gasteiger partial charge in [-0.15, -0.1) is 0 Å². The maximum absolute atomic E-state index is 4.50. The van der Waals surface area contributed by atoms with E-state index in [0.29, 0.717) is 0 Å². The SMILES string of the molecule is CCc1ccc(CCN(C)c2ncc(Br)cc2C)cc1. The van der Waals surface area contributed by atoms with Crippen LogP contribution in [0.4, 0.5) is 5.82 Å². The Morgan fingerprint density at radius 3 is 2.40 bits per heavy atom. The van der Waals surface area contributed by atoms with E-state index >= 15 is 0 Å². The highest BCUT2D eigenvalue weighted by Crippen LogP contribution is 2.20. The number of hydrogen-bond donors (Lipinski definition) is 0. The van der Waals surface area contributed by atoms with E-state index in [0.717, 1.165) is 29.7 Å². The lowest BCUT2D eigenvalue weighted by Crippen LogP contribution is -2.22. The molecular weight excluding hydrogens is 312 g/mol. The van der Waals surface area contributed by atoms with Gasteiger partial charge in [0.1, 0.15) is 5.82 Å². The first kappa shape index (κ1) is 15.0. The Morgan fingerprint density at radius 1 is 1.15 bits per heavy atom. The van der Waals surface area contributed by atoms with Crippen molar-refractivity contribution in [3.05, 3.63) is 57.7 Å². The number of likely N-dealkylation sites (N-methyl/N-ethyl adjacent to an activating group) is 1. The second kappa shape index (κ2) is 6.89. The minimum absolute atomic E-state index is 0.973. The standard InChI is InChI=1S/C17H21BrN2/c1-4-14-5-7-15(8-6-14)9-10-20(3)17-13(2)11-16(18)12-19-17/h5-8,11-12H,4,9-10H2,1-3H3. The van der Waals surface area contributed by atoms with E-state index in [1.807, 2.05) is 6.20 Å². The summed E-state index contributed by atoms with van der Waals surface area (Å²) in [5.41, 5.74) is 3.97. The van der Waals surface area contributed by atoms with Crippen LogP contribution in [0.5, 0.6) is 0 Å². The van der Waals surface area contributed by atoms with Gasteiger partial charge in [-0.25, -0.2) is 4.98 Å². The number of nitrogens with zero attached hydrogens (tertiary/aromatic N) is 2. The highest BCUT2D eigenvalue weighted by atomic mass is 79.9. The van der Waals surface area contributed by atoms with E-state index in [-0.39, 0.29) is 0 Å². The quantitative estimate of drug-likeness (QED) is 0.806. The third-order valence-corrected chi connectivity index (χ3v) is 3.98. The molecule has 0 aliphatic heterocycles. The molecule has 106 valence electrons. The molecule has 0 saturated heterocycles. The number of anilines is 1. The van der Waals surface area contributed by atoms with Gasteiger partial charge < -0.3 is 4.90 Å². The van der Waals surface area contributed by atoms with Crippen LogP contribution < -0.4 is 4.90 Å². The summed E-state index contributed by atoms with van der Waals surface area (Å²) in [5, 5.41) is 0. The Labute approximate surface area is 130 Å². The van der Waals surface area contributed by atoms with Crippen LogP contribution in [0.3, 0.4) is 0 Å². The van der Waals surface area contributed by atoms with Gasteiger partial charge in [-0.1, -0.05) is 31.2 Å². The molecule has 1 aromatic carbocycles. The molecular formula is C17H21BrN2. The zero-order valence-electron chi connectivity index (χ0n) is 12.4. The monoisotopic (exact) mass is 332 g/mol. The minimum atomic E-state index is 0.973. The van der Waals surface area contributed by atoms with Crippen molar-refractivity contribution in [2.75, 3.05) is 18.5 Å². The van der Waals surface area contributed by atoms with E-state index in [1.54, 1.807) is 0 Å². The van der Waals surface area contributed by atoms with Gasteiger partial charge in [0.15, 0.2) is 0 Å². The van der Waals surface area contributed by atoms with E-state index in [2.05, 4.69) is 77.0 Å². The van der Waals surface area contributed by atoms with Gasteiger partial charge in [0.2, 0.25) is 0 Å². The first-order valence-corrected chi connectivity index (χ1v) is 7.80. The molecule has 2 aromatic rings. The molecule has 0 saturated carbocycles. The number of aryl methyl sites for hydroxylation is 2. The molecule has 0 amide bonds. The van der Waals surface area contributed by atoms with Gasteiger partial charge in [-0.3, -0.25) is 0 Å². The summed E-state index contributed by atoms with van der Waals surface area (Å²) in [6.45, 7) is 5.26. The van der Waals surface area contributed by atoms with Crippen molar-refractivity contribution < 1.29 is 0 Å². The Balaban J connectivity index is 1.98. The van der Waals surface area contributed by atoms with Crippen molar-refractivity contribution >= 4 is 21.7 Å². The average molecular weight is 333 g/mol. The van der Waals surface area contributed by atoms with Crippen LogP contribution >= 0.6 is 15.9 Å². The fraction of sp³-hybridized carbons (Fsp3) is 0.353. The third-order valence-electron chi connectivity index (χ3n) is 3.55. The van der Waals surface area contributed by atoms with Crippen LogP contribution in [0.15, 0.2) is 41.0 Å². The van der Waals surface area contributed by atoms with Gasteiger partial charge in [0.05, 0.1) is 0 Å². The van der Waals surface area contributed by atoms with Crippen molar-refractivity contribution in [2.24, 2.45) is 0 Å². The third kappa shape index (κ3) is 3.83. The summed E-state index contributed by atoms with van der Waals surface area (Å²) in [5.74, 6) is 1.05. The zero-order valence-corrected chi connectivity index (χ0v) is 13.9. The van der Waals surface area contributed by atoms with Crippen molar-refractivity contribution in [3.63, 3.8) is 0 Å². The number of hydrogen-bond acceptors (Lipinski definition) is 2. The molecule has 0 N–H and O–H groups in total. The lowest BCUT2D eigenvalue weighted by Gasteiger charge is -2.20. The van der Waals surface area contributed by atoms with Crippen LogP contribution in [-0.2, 0) is 12.8 Å². The summed E-state index contributed by atoms with van der Waals surface area (Å²) in [6.07, 6.45) is 3.99. The molecule has 0 unspecified atom stereocenters. The van der Waals surface area contributed by atoms with Crippen molar-refractivity contribution in [2.45, 2.75) is 26.7 Å².